The Morgan fingerprint density at radius 2 is 0.456 bits per heavy atom. The molecule has 0 aromatic heterocycles. The standard InChI is InChI=1S/C73H134O6/c1-4-7-10-13-16-19-22-25-28-29-30-31-32-33-34-35-36-37-38-39-40-41-42-43-46-48-51-54-57-60-63-66-72(75)78-69-70(79-73(76)67-64-61-58-55-52-49-45-27-24-21-18-15-12-9-6-3)68-77-71(74)65-62-59-56-53-50-47-44-26-23-20-17-14-11-8-5-2/h18,21-22,25,27,29-30,45,70H,4-17,19-20,23-24,26,28,31-44,46-69H2,1-3H3/b21-18-,25-22-,30-29-,45-27-. The molecule has 0 aliphatic heterocycles. The molecule has 0 fully saturated rings. The molecular weight excluding hydrogens is 973 g/mol. The van der Waals surface area contributed by atoms with E-state index in [0.717, 1.165) is 89.9 Å². The van der Waals surface area contributed by atoms with E-state index in [1.807, 2.05) is 0 Å². The van der Waals surface area contributed by atoms with Gasteiger partial charge in [0.15, 0.2) is 6.10 Å². The van der Waals surface area contributed by atoms with Gasteiger partial charge in [0, 0.05) is 19.3 Å². The maximum Gasteiger partial charge on any atom is 0.306 e. The molecule has 1 atom stereocenters. The van der Waals surface area contributed by atoms with Crippen LogP contribution in [-0.4, -0.2) is 37.2 Å². The second kappa shape index (κ2) is 67.9. The fourth-order valence-corrected chi connectivity index (χ4v) is 10.5. The summed E-state index contributed by atoms with van der Waals surface area (Å²) in [5.41, 5.74) is 0. The van der Waals surface area contributed by atoms with E-state index in [0.29, 0.717) is 19.3 Å². The zero-order valence-electron chi connectivity index (χ0n) is 53.2. The number of hydrogen-bond acceptors (Lipinski definition) is 6. The van der Waals surface area contributed by atoms with Crippen molar-refractivity contribution in [2.75, 3.05) is 13.2 Å². The lowest BCUT2D eigenvalue weighted by Gasteiger charge is -2.18. The van der Waals surface area contributed by atoms with E-state index in [4.69, 9.17) is 14.2 Å². The number of unbranched alkanes of at least 4 members (excludes halogenated alkanes) is 46. The second-order valence-electron chi connectivity index (χ2n) is 23.8. The molecule has 6 heteroatoms. The van der Waals surface area contributed by atoms with Crippen LogP contribution in [0.4, 0.5) is 0 Å². The third-order valence-electron chi connectivity index (χ3n) is 15.8. The first-order valence-corrected chi connectivity index (χ1v) is 35.1. The van der Waals surface area contributed by atoms with Crippen LogP contribution in [0.15, 0.2) is 48.6 Å². The molecule has 1 unspecified atom stereocenters. The van der Waals surface area contributed by atoms with Crippen molar-refractivity contribution < 1.29 is 28.6 Å². The molecule has 0 aliphatic rings. The number of rotatable bonds is 65. The fourth-order valence-electron chi connectivity index (χ4n) is 10.5. The Kier molecular flexibility index (Phi) is 65.6. The van der Waals surface area contributed by atoms with Gasteiger partial charge in [0.2, 0.25) is 0 Å². The molecule has 0 spiro atoms. The minimum absolute atomic E-state index is 0.0734. The summed E-state index contributed by atoms with van der Waals surface area (Å²) in [7, 11) is 0. The molecule has 0 saturated heterocycles. The maximum absolute atomic E-state index is 12.9. The van der Waals surface area contributed by atoms with Crippen LogP contribution < -0.4 is 0 Å². The number of carbonyl (C=O) groups excluding carboxylic acids is 3. The number of ether oxygens (including phenoxy) is 3. The van der Waals surface area contributed by atoms with Gasteiger partial charge in [-0.25, -0.2) is 0 Å². The zero-order chi connectivity index (χ0) is 57.1. The topological polar surface area (TPSA) is 78.9 Å². The Hall–Kier alpha value is -2.63. The van der Waals surface area contributed by atoms with Crippen molar-refractivity contribution in [1.82, 2.24) is 0 Å². The van der Waals surface area contributed by atoms with Crippen molar-refractivity contribution in [2.45, 2.75) is 386 Å². The van der Waals surface area contributed by atoms with E-state index in [1.165, 1.54) is 250 Å². The number of allylic oxidation sites excluding steroid dienone is 8. The molecule has 0 heterocycles. The van der Waals surface area contributed by atoms with Gasteiger partial charge in [-0.05, 0) is 83.5 Å². The van der Waals surface area contributed by atoms with E-state index < -0.39 is 6.10 Å². The molecule has 6 nitrogen and oxygen atoms in total. The molecule has 0 rings (SSSR count). The first kappa shape index (κ1) is 76.4. The monoisotopic (exact) mass is 1110 g/mol. The average Bonchev–Trinajstić information content (AvgIpc) is 3.45. The molecule has 0 saturated carbocycles. The third-order valence-corrected chi connectivity index (χ3v) is 15.8. The van der Waals surface area contributed by atoms with Crippen LogP contribution in [0, 0.1) is 0 Å². The van der Waals surface area contributed by atoms with Crippen molar-refractivity contribution >= 4 is 17.9 Å². The molecule has 79 heavy (non-hydrogen) atoms. The summed E-state index contributed by atoms with van der Waals surface area (Å²) in [6.07, 6.45) is 85.7. The van der Waals surface area contributed by atoms with Gasteiger partial charge in [0.1, 0.15) is 13.2 Å². The molecule has 0 N–H and O–H groups in total. The van der Waals surface area contributed by atoms with Crippen LogP contribution in [-0.2, 0) is 28.6 Å². The minimum atomic E-state index is -0.778. The molecule has 0 radical (unpaired) electrons. The van der Waals surface area contributed by atoms with E-state index in [9.17, 15) is 14.4 Å². The maximum atomic E-state index is 12.9. The number of carbonyl (C=O) groups is 3. The Labute approximate surface area is 492 Å². The summed E-state index contributed by atoms with van der Waals surface area (Å²) >= 11 is 0. The highest BCUT2D eigenvalue weighted by atomic mass is 16.6. The van der Waals surface area contributed by atoms with Gasteiger partial charge in [0.25, 0.3) is 0 Å². The first-order chi connectivity index (χ1) is 39.0. The van der Waals surface area contributed by atoms with Gasteiger partial charge in [-0.15, -0.1) is 0 Å². The molecule has 0 amide bonds. The Bertz CT molecular complexity index is 1360. The zero-order valence-corrected chi connectivity index (χ0v) is 53.2. The first-order valence-electron chi connectivity index (χ1n) is 35.1. The van der Waals surface area contributed by atoms with Gasteiger partial charge in [-0.1, -0.05) is 326 Å². The van der Waals surface area contributed by atoms with Crippen LogP contribution in [0.2, 0.25) is 0 Å². The molecule has 0 aromatic carbocycles. The molecular formula is C73H134O6. The number of hydrogen-bond donors (Lipinski definition) is 0. The van der Waals surface area contributed by atoms with E-state index in [1.54, 1.807) is 0 Å². The van der Waals surface area contributed by atoms with Crippen LogP contribution in [0.1, 0.15) is 380 Å². The number of esters is 3. The quantitative estimate of drug-likeness (QED) is 0.0261. The lowest BCUT2D eigenvalue weighted by molar-refractivity contribution is -0.167. The molecule has 0 aromatic rings. The van der Waals surface area contributed by atoms with Gasteiger partial charge in [0.05, 0.1) is 0 Å². The van der Waals surface area contributed by atoms with Crippen molar-refractivity contribution in [3.05, 3.63) is 48.6 Å². The highest BCUT2D eigenvalue weighted by molar-refractivity contribution is 5.71. The van der Waals surface area contributed by atoms with E-state index >= 15 is 0 Å². The predicted molar refractivity (Wildman–Crippen MR) is 344 cm³/mol. The van der Waals surface area contributed by atoms with E-state index in [2.05, 4.69) is 69.4 Å². The second-order valence-corrected chi connectivity index (χ2v) is 23.8. The highest BCUT2D eigenvalue weighted by Gasteiger charge is 2.19. The SMILES string of the molecule is CCCCC/C=C\C/C=C\CCCCCCCC(=O)OC(COC(=O)CCCCCCCCCCCCCCCCC)COC(=O)CCCCCCCCCCCCCCCCCCCCC/C=C\C/C=C\CCCCCCC. The largest absolute Gasteiger partial charge is 0.462 e. The fraction of sp³-hybridized carbons (Fsp3) is 0.849. The summed E-state index contributed by atoms with van der Waals surface area (Å²) in [6, 6.07) is 0. The van der Waals surface area contributed by atoms with Crippen LogP contribution in [0.5, 0.6) is 0 Å². The highest BCUT2D eigenvalue weighted by Crippen LogP contribution is 2.18. The minimum Gasteiger partial charge on any atom is -0.462 e. The summed E-state index contributed by atoms with van der Waals surface area (Å²) in [4.78, 5) is 38.4. The smallest absolute Gasteiger partial charge is 0.306 e. The third kappa shape index (κ3) is 66.1. The van der Waals surface area contributed by atoms with Gasteiger partial charge < -0.3 is 14.2 Å². The predicted octanol–water partition coefficient (Wildman–Crippen LogP) is 24.1. The summed E-state index contributed by atoms with van der Waals surface area (Å²) in [6.45, 7) is 6.65. The van der Waals surface area contributed by atoms with Crippen molar-refractivity contribution in [3.8, 4) is 0 Å². The molecule has 0 bridgehead atoms. The van der Waals surface area contributed by atoms with Crippen molar-refractivity contribution in [3.63, 3.8) is 0 Å². The van der Waals surface area contributed by atoms with Crippen molar-refractivity contribution in [2.24, 2.45) is 0 Å². The Balaban J connectivity index is 4.16. The average molecular weight is 1110 g/mol. The summed E-state index contributed by atoms with van der Waals surface area (Å²) in [5, 5.41) is 0. The van der Waals surface area contributed by atoms with Crippen molar-refractivity contribution in [1.29, 1.82) is 0 Å². The van der Waals surface area contributed by atoms with Gasteiger partial charge in [-0.2, -0.15) is 0 Å². The van der Waals surface area contributed by atoms with E-state index in [-0.39, 0.29) is 31.1 Å². The summed E-state index contributed by atoms with van der Waals surface area (Å²) < 4.78 is 17.0. The molecule has 462 valence electrons. The molecule has 0 aliphatic carbocycles. The lowest BCUT2D eigenvalue weighted by atomic mass is 10.0. The van der Waals surface area contributed by atoms with Gasteiger partial charge in [-0.3, -0.25) is 14.4 Å². The van der Waals surface area contributed by atoms with Crippen LogP contribution in [0.3, 0.4) is 0 Å². The lowest BCUT2D eigenvalue weighted by Crippen LogP contribution is -2.30. The normalized spacial score (nSPS) is 12.3. The van der Waals surface area contributed by atoms with Crippen LogP contribution in [0.25, 0.3) is 0 Å². The van der Waals surface area contributed by atoms with Crippen LogP contribution >= 0.6 is 0 Å². The van der Waals surface area contributed by atoms with Gasteiger partial charge >= 0.3 is 17.9 Å². The Morgan fingerprint density at radius 3 is 0.722 bits per heavy atom. The summed E-state index contributed by atoms with van der Waals surface area (Å²) in [5.74, 6) is -0.862. The Morgan fingerprint density at radius 1 is 0.253 bits per heavy atom.